The third-order valence-corrected chi connectivity index (χ3v) is 4.71. The summed E-state index contributed by atoms with van der Waals surface area (Å²) in [6.45, 7) is 2.29. The molecule has 2 N–H and O–H groups in total. The van der Waals surface area contributed by atoms with E-state index in [1.54, 1.807) is 35.2 Å². The van der Waals surface area contributed by atoms with Crippen molar-refractivity contribution in [3.8, 4) is 0 Å². The predicted octanol–water partition coefficient (Wildman–Crippen LogP) is 2.37. The van der Waals surface area contributed by atoms with E-state index in [4.69, 9.17) is 10.5 Å². The highest BCUT2D eigenvalue weighted by Gasteiger charge is 2.38. The van der Waals surface area contributed by atoms with E-state index in [9.17, 15) is 14.4 Å². The van der Waals surface area contributed by atoms with Crippen molar-refractivity contribution >= 4 is 23.5 Å². The van der Waals surface area contributed by atoms with Gasteiger partial charge in [-0.25, -0.2) is 0 Å². The number of hydrogen-bond acceptors (Lipinski definition) is 4. The van der Waals surface area contributed by atoms with Gasteiger partial charge < -0.3 is 15.4 Å². The van der Waals surface area contributed by atoms with Crippen molar-refractivity contribution in [2.45, 2.75) is 25.9 Å². The summed E-state index contributed by atoms with van der Waals surface area (Å²) in [5, 5.41) is 0. The first kappa shape index (κ1) is 18.6. The number of anilines is 1. The lowest BCUT2D eigenvalue weighted by Crippen LogP contribution is -2.30. The molecule has 6 nitrogen and oxygen atoms in total. The van der Waals surface area contributed by atoms with Crippen molar-refractivity contribution < 1.29 is 19.1 Å². The molecule has 27 heavy (non-hydrogen) atoms. The third-order valence-electron chi connectivity index (χ3n) is 4.71. The van der Waals surface area contributed by atoms with Crippen LogP contribution in [0.5, 0.6) is 0 Å². The maximum absolute atomic E-state index is 12.5. The summed E-state index contributed by atoms with van der Waals surface area (Å²) in [6, 6.07) is 16.3. The lowest BCUT2D eigenvalue weighted by molar-refractivity contribution is -0.159. The number of nitrogens with zero attached hydrogens (tertiary/aromatic N) is 1. The van der Waals surface area contributed by atoms with E-state index >= 15 is 0 Å². The smallest absolute Gasteiger partial charge is 0.312 e. The highest BCUT2D eigenvalue weighted by Crippen LogP contribution is 2.28. The molecule has 0 unspecified atom stereocenters. The highest BCUT2D eigenvalue weighted by molar-refractivity contribution is 5.99. The number of carbonyl (C=O) groups is 3. The number of aryl methyl sites for hydroxylation is 1. The van der Waals surface area contributed by atoms with E-state index in [0.717, 1.165) is 12.1 Å². The second-order valence-electron chi connectivity index (χ2n) is 6.56. The van der Waals surface area contributed by atoms with Crippen molar-refractivity contribution in [1.29, 1.82) is 0 Å². The molecule has 1 aliphatic rings. The fourth-order valence-corrected chi connectivity index (χ4v) is 3.16. The minimum Gasteiger partial charge on any atom is -0.447 e. The summed E-state index contributed by atoms with van der Waals surface area (Å²) in [4.78, 5) is 38.2. The highest BCUT2D eigenvalue weighted by atomic mass is 16.5. The van der Waals surface area contributed by atoms with Crippen LogP contribution in [0.1, 0.15) is 30.6 Å². The molecule has 0 spiro atoms. The zero-order chi connectivity index (χ0) is 19.4. The van der Waals surface area contributed by atoms with Gasteiger partial charge in [-0.15, -0.1) is 0 Å². The van der Waals surface area contributed by atoms with E-state index in [2.05, 4.69) is 6.92 Å². The fourth-order valence-electron chi connectivity index (χ4n) is 3.16. The Balaban J connectivity index is 1.70. The standard InChI is InChI=1S/C21H22N2O4/c1-2-14-8-10-17(11-9-14)23-13-16(12-18(23)24)21(26)27-19(20(22)25)15-6-4-3-5-7-15/h3-11,16,19H,2,12-13H2,1H3,(H2,22,25)/t16-,19+/m1/s1. The molecule has 140 valence electrons. The maximum Gasteiger partial charge on any atom is 0.312 e. The van der Waals surface area contributed by atoms with Crippen molar-refractivity contribution in [1.82, 2.24) is 0 Å². The van der Waals surface area contributed by atoms with Crippen LogP contribution in [0.4, 0.5) is 5.69 Å². The molecule has 0 bridgehead atoms. The Kier molecular flexibility index (Phi) is 5.54. The molecule has 1 fully saturated rings. The molecule has 1 aliphatic heterocycles. The molecule has 2 aromatic rings. The number of amides is 2. The number of primary amides is 1. The van der Waals surface area contributed by atoms with Gasteiger partial charge in [0, 0.05) is 24.2 Å². The Bertz CT molecular complexity index is 833. The van der Waals surface area contributed by atoms with Crippen LogP contribution in [0, 0.1) is 5.92 Å². The van der Waals surface area contributed by atoms with Gasteiger partial charge in [-0.3, -0.25) is 14.4 Å². The number of carbonyl (C=O) groups excluding carboxylic acids is 3. The molecule has 0 radical (unpaired) electrons. The van der Waals surface area contributed by atoms with Gasteiger partial charge in [0.2, 0.25) is 12.0 Å². The number of esters is 1. The average Bonchev–Trinajstić information content (AvgIpc) is 3.08. The molecule has 2 atom stereocenters. The SMILES string of the molecule is CCc1ccc(N2C[C@H](C(=O)O[C@H](C(N)=O)c3ccccc3)CC2=O)cc1. The van der Waals surface area contributed by atoms with Crippen LogP contribution in [0.15, 0.2) is 54.6 Å². The molecule has 0 aromatic heterocycles. The second kappa shape index (κ2) is 8.03. The Labute approximate surface area is 157 Å². The minimum absolute atomic E-state index is 0.0502. The van der Waals surface area contributed by atoms with Crippen LogP contribution in [0.25, 0.3) is 0 Å². The molecule has 2 amide bonds. The number of nitrogens with two attached hydrogens (primary N) is 1. The van der Waals surface area contributed by atoms with Gasteiger partial charge in [-0.1, -0.05) is 49.4 Å². The zero-order valence-corrected chi connectivity index (χ0v) is 15.1. The minimum atomic E-state index is -1.16. The second-order valence-corrected chi connectivity index (χ2v) is 6.56. The van der Waals surface area contributed by atoms with Crippen molar-refractivity contribution in [3.63, 3.8) is 0 Å². The summed E-state index contributed by atoms with van der Waals surface area (Å²) in [7, 11) is 0. The van der Waals surface area contributed by atoms with Gasteiger partial charge in [0.25, 0.3) is 5.91 Å². The Hall–Kier alpha value is -3.15. The molecule has 0 saturated carbocycles. The summed E-state index contributed by atoms with van der Waals surface area (Å²) >= 11 is 0. The zero-order valence-electron chi connectivity index (χ0n) is 15.1. The van der Waals surface area contributed by atoms with Crippen LogP contribution in [-0.4, -0.2) is 24.3 Å². The first-order valence-electron chi connectivity index (χ1n) is 8.93. The molecule has 2 aromatic carbocycles. The quantitative estimate of drug-likeness (QED) is 0.795. The number of hydrogen-bond donors (Lipinski definition) is 1. The number of ether oxygens (including phenoxy) is 1. The number of benzene rings is 2. The Morgan fingerprint density at radius 3 is 2.41 bits per heavy atom. The van der Waals surface area contributed by atoms with E-state index in [1.807, 2.05) is 24.3 Å². The van der Waals surface area contributed by atoms with Crippen molar-refractivity contribution in [2.75, 3.05) is 11.4 Å². The summed E-state index contributed by atoms with van der Waals surface area (Å²) in [5.74, 6) is -2.11. The van der Waals surface area contributed by atoms with Crippen LogP contribution >= 0.6 is 0 Å². The summed E-state index contributed by atoms with van der Waals surface area (Å²) in [5.41, 5.74) is 7.83. The molecule has 1 saturated heterocycles. The Morgan fingerprint density at radius 1 is 1.15 bits per heavy atom. The lowest BCUT2D eigenvalue weighted by atomic mass is 10.1. The monoisotopic (exact) mass is 366 g/mol. The topological polar surface area (TPSA) is 89.7 Å². The third kappa shape index (κ3) is 4.16. The molecule has 6 heteroatoms. The van der Waals surface area contributed by atoms with E-state index in [0.29, 0.717) is 5.56 Å². The van der Waals surface area contributed by atoms with Gasteiger partial charge in [-0.05, 0) is 24.1 Å². The summed E-state index contributed by atoms with van der Waals surface area (Å²) in [6.07, 6.45) is -0.196. The van der Waals surface area contributed by atoms with Crippen molar-refractivity contribution in [3.05, 3.63) is 65.7 Å². The molecule has 0 aliphatic carbocycles. The molecule has 3 rings (SSSR count). The average molecular weight is 366 g/mol. The normalized spacial score (nSPS) is 17.6. The van der Waals surface area contributed by atoms with Crippen LogP contribution in [0.2, 0.25) is 0 Å². The summed E-state index contributed by atoms with van der Waals surface area (Å²) < 4.78 is 5.36. The molecular formula is C21H22N2O4. The number of rotatable bonds is 6. The van der Waals surface area contributed by atoms with E-state index in [1.165, 1.54) is 5.56 Å². The first-order valence-corrected chi connectivity index (χ1v) is 8.93. The van der Waals surface area contributed by atoms with Gasteiger partial charge in [0.15, 0.2) is 0 Å². The van der Waals surface area contributed by atoms with Crippen molar-refractivity contribution in [2.24, 2.45) is 11.7 Å². The van der Waals surface area contributed by atoms with Crippen LogP contribution in [0.3, 0.4) is 0 Å². The Morgan fingerprint density at radius 2 is 1.81 bits per heavy atom. The first-order chi connectivity index (χ1) is 13.0. The van der Waals surface area contributed by atoms with Crippen LogP contribution < -0.4 is 10.6 Å². The van der Waals surface area contributed by atoms with Gasteiger partial charge in [0.1, 0.15) is 0 Å². The van der Waals surface area contributed by atoms with Crippen LogP contribution in [-0.2, 0) is 25.5 Å². The predicted molar refractivity (Wildman–Crippen MR) is 101 cm³/mol. The fraction of sp³-hybridized carbons (Fsp3) is 0.286. The van der Waals surface area contributed by atoms with E-state index in [-0.39, 0.29) is 18.9 Å². The lowest BCUT2D eigenvalue weighted by Gasteiger charge is -2.19. The maximum atomic E-state index is 12.5. The van der Waals surface area contributed by atoms with Gasteiger partial charge in [0.05, 0.1) is 5.92 Å². The molecular weight excluding hydrogens is 344 g/mol. The van der Waals surface area contributed by atoms with E-state index < -0.39 is 23.9 Å². The van der Waals surface area contributed by atoms with Gasteiger partial charge in [-0.2, -0.15) is 0 Å². The largest absolute Gasteiger partial charge is 0.447 e. The molecule has 1 heterocycles. The van der Waals surface area contributed by atoms with Gasteiger partial charge >= 0.3 is 5.97 Å².